The minimum absolute atomic E-state index is 0.0273. The molecule has 0 aromatic heterocycles. The summed E-state index contributed by atoms with van der Waals surface area (Å²) in [6.07, 6.45) is 0.187. The molecule has 290 valence electrons. The lowest BCUT2D eigenvalue weighted by Gasteiger charge is -2.62. The van der Waals surface area contributed by atoms with Crippen molar-refractivity contribution in [1.29, 1.82) is 0 Å². The Labute approximate surface area is 318 Å². The molecule has 5 N–H and O–H groups in total. The number of aliphatic hydroxyl groups excluding tert-OH is 3. The van der Waals surface area contributed by atoms with Gasteiger partial charge in [0, 0.05) is 48.4 Å². The third-order valence-corrected chi connectivity index (χ3v) is 13.2. The van der Waals surface area contributed by atoms with Gasteiger partial charge in [-0.3, -0.25) is 14.4 Å². The van der Waals surface area contributed by atoms with E-state index in [1.54, 1.807) is 19.1 Å². The normalized spacial score (nSPS) is 30.2. The van der Waals surface area contributed by atoms with Crippen LogP contribution in [0.5, 0.6) is 5.75 Å². The maximum absolute atomic E-state index is 14.3. The van der Waals surface area contributed by atoms with E-state index >= 15 is 0 Å². The van der Waals surface area contributed by atoms with E-state index in [4.69, 9.17) is 9.57 Å². The highest BCUT2D eigenvalue weighted by molar-refractivity contribution is 5.97. The number of ether oxygens (including phenoxy) is 1. The Hall–Kier alpha value is -4.00. The Balaban J connectivity index is 1.16. The lowest BCUT2D eigenvalue weighted by atomic mass is 9.45. The number of nitrogens with one attached hydrogen (secondary N) is 2. The van der Waals surface area contributed by atoms with Crippen LogP contribution in [0.3, 0.4) is 0 Å². The lowest BCUT2D eigenvalue weighted by molar-refractivity contribution is -0.183. The van der Waals surface area contributed by atoms with Gasteiger partial charge in [-0.1, -0.05) is 63.2 Å². The first kappa shape index (κ1) is 38.3. The van der Waals surface area contributed by atoms with Crippen LogP contribution in [0, 0.1) is 29.1 Å². The second kappa shape index (κ2) is 14.9. The third-order valence-electron chi connectivity index (χ3n) is 13.2. The zero-order chi connectivity index (χ0) is 38.6. The number of amides is 2. The predicted molar refractivity (Wildman–Crippen MR) is 207 cm³/mol. The number of hydrogen-bond donors (Lipinski definition) is 5. The van der Waals surface area contributed by atoms with Crippen LogP contribution in [0.4, 0.5) is 5.69 Å². The number of aliphatic hydroxyl groups is 3. The van der Waals surface area contributed by atoms with E-state index in [9.17, 15) is 24.9 Å². The molecule has 0 radical (unpaired) electrons. The molecule has 11 nitrogen and oxygen atoms in total. The van der Waals surface area contributed by atoms with E-state index in [0.29, 0.717) is 35.5 Å². The van der Waals surface area contributed by atoms with E-state index in [1.807, 2.05) is 79.7 Å². The van der Waals surface area contributed by atoms with Gasteiger partial charge in [-0.05, 0) is 84.2 Å². The van der Waals surface area contributed by atoms with Gasteiger partial charge in [0.25, 0.3) is 5.91 Å². The number of anilines is 1. The van der Waals surface area contributed by atoms with Crippen molar-refractivity contribution in [2.45, 2.75) is 89.9 Å². The van der Waals surface area contributed by atoms with Crippen LogP contribution in [0.15, 0.2) is 60.7 Å². The minimum Gasteiger partial charge on any atom is -0.496 e. The molecular weight excluding hydrogens is 684 g/mol. The summed E-state index contributed by atoms with van der Waals surface area (Å²) < 4.78 is 6.07. The lowest BCUT2D eigenvalue weighted by Crippen LogP contribution is -2.62. The smallest absolute Gasteiger partial charge is 0.251 e. The molecule has 1 saturated heterocycles. The molecule has 3 saturated carbocycles. The maximum atomic E-state index is 14.3. The molecule has 4 aliphatic carbocycles. The number of nitrogens with zero attached hydrogens (tertiary/aromatic N) is 2. The van der Waals surface area contributed by atoms with Crippen LogP contribution in [0.2, 0.25) is 0 Å². The van der Waals surface area contributed by atoms with Gasteiger partial charge in [0.05, 0.1) is 38.5 Å². The van der Waals surface area contributed by atoms with Crippen LogP contribution in [0.25, 0.3) is 11.1 Å². The number of carbonyl (C=O) groups is 2. The summed E-state index contributed by atoms with van der Waals surface area (Å²) >= 11 is 0. The highest BCUT2D eigenvalue weighted by Crippen LogP contribution is 2.61. The summed E-state index contributed by atoms with van der Waals surface area (Å²) in [4.78, 5) is 36.3. The molecule has 0 spiro atoms. The number of carbonyl (C=O) groups excluding carboxylic acids is 2. The Bertz CT molecular complexity index is 1880. The minimum atomic E-state index is -0.912. The number of methoxy groups -OCH3 is 1. The monoisotopic (exact) mass is 740 g/mol. The molecule has 2 bridgehead atoms. The first-order valence-electron chi connectivity index (χ1n) is 19.3. The number of hydroxylamine groups is 2. The fourth-order valence-electron chi connectivity index (χ4n) is 9.94. The van der Waals surface area contributed by atoms with Gasteiger partial charge in [0.1, 0.15) is 17.9 Å². The molecule has 11 heteroatoms. The second-order valence-electron chi connectivity index (χ2n) is 16.8. The molecule has 10 atom stereocenters. The zero-order valence-corrected chi connectivity index (χ0v) is 32.5. The van der Waals surface area contributed by atoms with Crippen molar-refractivity contribution in [3.05, 3.63) is 82.9 Å². The predicted octanol–water partition coefficient (Wildman–Crippen LogP) is 4.48. The fourth-order valence-corrected chi connectivity index (χ4v) is 9.94. The molecule has 4 fully saturated rings. The van der Waals surface area contributed by atoms with Crippen molar-refractivity contribution in [3.63, 3.8) is 0 Å². The Morgan fingerprint density at radius 2 is 1.81 bits per heavy atom. The quantitative estimate of drug-likeness (QED) is 0.192. The van der Waals surface area contributed by atoms with Crippen LogP contribution in [-0.2, 0) is 22.6 Å². The summed E-state index contributed by atoms with van der Waals surface area (Å²) in [5.41, 5.74) is 5.61. The van der Waals surface area contributed by atoms with Gasteiger partial charge in [0.15, 0.2) is 0 Å². The van der Waals surface area contributed by atoms with Crippen molar-refractivity contribution in [3.8, 4) is 16.9 Å². The molecule has 2 amide bonds. The van der Waals surface area contributed by atoms with Gasteiger partial charge in [-0.25, -0.2) is 0 Å². The molecular formula is C43H56N4O7. The highest BCUT2D eigenvalue weighted by atomic mass is 16.7. The van der Waals surface area contributed by atoms with Crippen molar-refractivity contribution < 1.29 is 34.5 Å². The van der Waals surface area contributed by atoms with E-state index in [-0.39, 0.29) is 36.4 Å². The van der Waals surface area contributed by atoms with Gasteiger partial charge >= 0.3 is 0 Å². The molecule has 1 aliphatic heterocycles. The van der Waals surface area contributed by atoms with E-state index in [2.05, 4.69) is 31.4 Å². The molecule has 1 heterocycles. The fraction of sp³-hybridized carbons (Fsp3) is 0.535. The van der Waals surface area contributed by atoms with Crippen LogP contribution in [-0.4, -0.2) is 90.3 Å². The first-order valence-corrected chi connectivity index (χ1v) is 19.3. The van der Waals surface area contributed by atoms with Crippen LogP contribution >= 0.6 is 0 Å². The van der Waals surface area contributed by atoms with Crippen molar-refractivity contribution in [2.24, 2.45) is 29.1 Å². The van der Waals surface area contributed by atoms with Crippen molar-refractivity contribution in [2.75, 3.05) is 32.7 Å². The van der Waals surface area contributed by atoms with Gasteiger partial charge < -0.3 is 35.6 Å². The second-order valence-corrected chi connectivity index (χ2v) is 16.8. The molecule has 1 unspecified atom stereocenters. The van der Waals surface area contributed by atoms with Gasteiger partial charge in [-0.2, -0.15) is 5.06 Å². The van der Waals surface area contributed by atoms with E-state index in [0.717, 1.165) is 39.9 Å². The molecule has 3 aromatic rings. The van der Waals surface area contributed by atoms with E-state index in [1.165, 1.54) is 6.42 Å². The summed E-state index contributed by atoms with van der Waals surface area (Å²) in [6, 6.07) is 17.8. The van der Waals surface area contributed by atoms with Crippen LogP contribution in [0.1, 0.15) is 73.7 Å². The SMILES string of the molecule is COc1c(CN2O[C@@H](CO)[C@H]([C@H](C)O)[C@H]2C(=O)NC2C[C@H]3C[C@@H]([C@@H]2C)C3(C)C)cccc1-c1cc(C(=O)N[C@@H]2Cc3ccccc3[C@@H]2O)cc(N(C)C)c1. The number of rotatable bonds is 11. The third kappa shape index (κ3) is 6.79. The summed E-state index contributed by atoms with van der Waals surface area (Å²) in [5, 5.41) is 40.3. The zero-order valence-electron chi connectivity index (χ0n) is 32.5. The van der Waals surface area contributed by atoms with Crippen LogP contribution < -0.4 is 20.3 Å². The first-order chi connectivity index (χ1) is 25.7. The standard InChI is InChI=1S/C43H56N4O7/c1-23-33-19-29(43(33,3)4)20-34(23)44-42(52)38-37(24(2)49)36(22-48)54-47(38)21-26-12-10-14-32(40(26)53-7)27-15-28(17-30(16-27)46(5)6)41(51)45-35-18-25-11-8-9-13-31(25)39(35)50/h8-17,23-24,29,33-39,48-50H,18-22H2,1-7H3,(H,44,52)(H,45,51)/t23-,24-,29+,33-,34?,35+,36-,37-,38-,39-/m0/s1. The Kier molecular flexibility index (Phi) is 10.6. The van der Waals surface area contributed by atoms with Gasteiger partial charge in [-0.15, -0.1) is 0 Å². The average molecular weight is 741 g/mol. The molecule has 5 aliphatic rings. The van der Waals surface area contributed by atoms with Crippen molar-refractivity contribution >= 4 is 17.5 Å². The number of benzene rings is 3. The summed E-state index contributed by atoms with van der Waals surface area (Å²) in [5.74, 6) is 0.822. The van der Waals surface area contributed by atoms with Crippen molar-refractivity contribution in [1.82, 2.24) is 15.7 Å². The topological polar surface area (TPSA) is 144 Å². The summed E-state index contributed by atoms with van der Waals surface area (Å²) in [7, 11) is 5.41. The van der Waals surface area contributed by atoms with Gasteiger partial charge in [0.2, 0.25) is 5.91 Å². The summed E-state index contributed by atoms with van der Waals surface area (Å²) in [6.45, 7) is 8.33. The molecule has 54 heavy (non-hydrogen) atoms. The van der Waals surface area contributed by atoms with E-state index < -0.39 is 36.3 Å². The largest absolute Gasteiger partial charge is 0.496 e. The Morgan fingerprint density at radius 3 is 2.46 bits per heavy atom. The Morgan fingerprint density at radius 1 is 1.06 bits per heavy atom. The average Bonchev–Trinajstić information content (AvgIpc) is 3.68. The number of para-hydroxylation sites is 1. The highest BCUT2D eigenvalue weighted by Gasteiger charge is 2.57. The maximum Gasteiger partial charge on any atom is 0.251 e. The molecule has 3 aromatic carbocycles. The number of hydrogen-bond acceptors (Lipinski definition) is 9. The number of fused-ring (bicyclic) bond motifs is 3. The molecule has 8 rings (SSSR count).